The summed E-state index contributed by atoms with van der Waals surface area (Å²) >= 11 is 12.1. The minimum Gasteiger partial charge on any atom is -0.256 e. The van der Waals surface area contributed by atoms with Gasteiger partial charge in [-0.1, -0.05) is 59.6 Å². The number of rotatable bonds is 3. The summed E-state index contributed by atoms with van der Waals surface area (Å²) in [6.45, 7) is 0. The number of aryl methyl sites for hydroxylation is 2. The average molecular weight is 352 g/mol. The fourth-order valence-corrected chi connectivity index (χ4v) is 3.72. The van der Waals surface area contributed by atoms with Gasteiger partial charge in [0.25, 0.3) is 0 Å². The largest absolute Gasteiger partial charge is 0.256 e. The second-order valence-electron chi connectivity index (χ2n) is 5.89. The summed E-state index contributed by atoms with van der Waals surface area (Å²) in [6, 6.07) is 16.3. The molecular weight excluding hydrogens is 337 g/mol. The van der Waals surface area contributed by atoms with Gasteiger partial charge in [0.05, 0.1) is 5.69 Å². The SMILES string of the molecule is Clc1ccc(C=CC=Nc2ccc3c4c(cccc24)CC3)c(Cl)c1. The number of hydrogen-bond acceptors (Lipinski definition) is 1. The van der Waals surface area contributed by atoms with Crippen LogP contribution in [0.1, 0.15) is 16.7 Å². The number of nitrogens with zero attached hydrogens (tertiary/aromatic N) is 1. The van der Waals surface area contributed by atoms with Crippen molar-refractivity contribution < 1.29 is 0 Å². The lowest BCUT2D eigenvalue weighted by Gasteiger charge is -2.04. The Hall–Kier alpha value is -2.09. The van der Waals surface area contributed by atoms with Crippen LogP contribution in [-0.2, 0) is 12.8 Å². The Labute approximate surface area is 151 Å². The van der Waals surface area contributed by atoms with Gasteiger partial charge in [-0.05, 0) is 59.2 Å². The third kappa shape index (κ3) is 2.86. The number of benzene rings is 3. The molecule has 1 aliphatic carbocycles. The first kappa shape index (κ1) is 15.4. The fourth-order valence-electron chi connectivity index (χ4n) is 3.25. The summed E-state index contributed by atoms with van der Waals surface area (Å²) in [5.74, 6) is 0. The van der Waals surface area contributed by atoms with Crippen LogP contribution in [0.2, 0.25) is 10.0 Å². The molecule has 0 amide bonds. The lowest BCUT2D eigenvalue weighted by molar-refractivity contribution is 1.02. The maximum Gasteiger partial charge on any atom is 0.0708 e. The van der Waals surface area contributed by atoms with Crippen LogP contribution in [0, 0.1) is 0 Å². The summed E-state index contributed by atoms with van der Waals surface area (Å²) in [5.41, 5.74) is 4.79. The highest BCUT2D eigenvalue weighted by atomic mass is 35.5. The molecule has 0 aliphatic heterocycles. The fraction of sp³-hybridized carbons (Fsp3) is 0.0952. The van der Waals surface area contributed by atoms with Crippen LogP contribution in [0.5, 0.6) is 0 Å². The third-order valence-electron chi connectivity index (χ3n) is 4.39. The minimum atomic E-state index is 0.637. The third-order valence-corrected chi connectivity index (χ3v) is 4.95. The van der Waals surface area contributed by atoms with Crippen LogP contribution in [0.3, 0.4) is 0 Å². The van der Waals surface area contributed by atoms with Crippen LogP contribution < -0.4 is 0 Å². The van der Waals surface area contributed by atoms with Crippen molar-refractivity contribution in [1.82, 2.24) is 0 Å². The van der Waals surface area contributed by atoms with E-state index < -0.39 is 0 Å². The first-order valence-corrected chi connectivity index (χ1v) is 8.67. The van der Waals surface area contributed by atoms with Crippen molar-refractivity contribution in [3.63, 3.8) is 0 Å². The number of aliphatic imine (C=N–C) groups is 1. The van der Waals surface area contributed by atoms with E-state index >= 15 is 0 Å². The first-order valence-electron chi connectivity index (χ1n) is 7.91. The quantitative estimate of drug-likeness (QED) is 0.467. The smallest absolute Gasteiger partial charge is 0.0708 e. The summed E-state index contributed by atoms with van der Waals surface area (Å²) in [6.07, 6.45) is 7.91. The maximum atomic E-state index is 6.17. The molecule has 1 aliphatic rings. The molecule has 0 N–H and O–H groups in total. The predicted octanol–water partition coefficient (Wildman–Crippen LogP) is 6.66. The highest BCUT2D eigenvalue weighted by molar-refractivity contribution is 6.35. The van der Waals surface area contributed by atoms with Gasteiger partial charge in [-0.2, -0.15) is 0 Å². The number of hydrogen-bond donors (Lipinski definition) is 0. The average Bonchev–Trinajstić information content (AvgIpc) is 3.00. The van der Waals surface area contributed by atoms with E-state index in [-0.39, 0.29) is 0 Å². The van der Waals surface area contributed by atoms with Gasteiger partial charge in [0.2, 0.25) is 0 Å². The molecule has 1 nitrogen and oxygen atoms in total. The standard InChI is InChI=1S/C21H15Cl2N/c22-17-10-8-14(19(23)13-17)4-2-12-24-20-11-9-16-7-6-15-3-1-5-18(20)21(15)16/h1-5,8-13H,6-7H2. The minimum absolute atomic E-state index is 0.637. The van der Waals surface area contributed by atoms with E-state index in [1.807, 2.05) is 30.5 Å². The van der Waals surface area contributed by atoms with Crippen molar-refractivity contribution in [1.29, 1.82) is 0 Å². The second-order valence-corrected chi connectivity index (χ2v) is 6.73. The Morgan fingerprint density at radius 3 is 2.58 bits per heavy atom. The molecule has 0 fully saturated rings. The Kier molecular flexibility index (Phi) is 4.13. The van der Waals surface area contributed by atoms with Crippen LogP contribution in [0.15, 0.2) is 59.6 Å². The van der Waals surface area contributed by atoms with Gasteiger partial charge in [-0.25, -0.2) is 0 Å². The number of allylic oxidation sites excluding steroid dienone is 1. The molecule has 118 valence electrons. The van der Waals surface area contributed by atoms with Gasteiger partial charge in [-0.3, -0.25) is 4.99 Å². The summed E-state index contributed by atoms with van der Waals surface area (Å²) < 4.78 is 0. The van der Waals surface area contributed by atoms with E-state index in [1.54, 1.807) is 6.07 Å². The molecule has 0 bridgehead atoms. The Morgan fingerprint density at radius 1 is 0.917 bits per heavy atom. The van der Waals surface area contributed by atoms with Crippen LogP contribution in [-0.4, -0.2) is 6.21 Å². The van der Waals surface area contributed by atoms with Crippen LogP contribution in [0.4, 0.5) is 5.69 Å². The van der Waals surface area contributed by atoms with E-state index in [1.165, 1.54) is 21.9 Å². The Morgan fingerprint density at radius 2 is 1.75 bits per heavy atom. The van der Waals surface area contributed by atoms with Crippen molar-refractivity contribution in [3.8, 4) is 0 Å². The monoisotopic (exact) mass is 351 g/mol. The number of halogens is 2. The van der Waals surface area contributed by atoms with Gasteiger partial charge >= 0.3 is 0 Å². The predicted molar refractivity (Wildman–Crippen MR) is 105 cm³/mol. The zero-order chi connectivity index (χ0) is 16.5. The first-order chi connectivity index (χ1) is 11.7. The molecule has 24 heavy (non-hydrogen) atoms. The molecule has 0 radical (unpaired) electrons. The normalized spacial score (nSPS) is 13.6. The molecule has 3 heteroatoms. The van der Waals surface area contributed by atoms with Crippen molar-refractivity contribution in [2.45, 2.75) is 12.8 Å². The molecule has 0 atom stereocenters. The van der Waals surface area contributed by atoms with E-state index in [9.17, 15) is 0 Å². The van der Waals surface area contributed by atoms with E-state index in [2.05, 4.69) is 35.3 Å². The van der Waals surface area contributed by atoms with Gasteiger partial charge in [0.1, 0.15) is 0 Å². The Bertz CT molecular complexity index is 976. The highest BCUT2D eigenvalue weighted by Gasteiger charge is 2.15. The van der Waals surface area contributed by atoms with E-state index in [0.29, 0.717) is 10.0 Å². The molecular formula is C21H15Cl2N. The van der Waals surface area contributed by atoms with Crippen molar-refractivity contribution >= 4 is 52.0 Å². The van der Waals surface area contributed by atoms with Gasteiger partial charge in [0.15, 0.2) is 0 Å². The molecule has 4 rings (SSSR count). The molecule has 0 unspecified atom stereocenters. The molecule has 3 aromatic rings. The lowest BCUT2D eigenvalue weighted by Crippen LogP contribution is -1.80. The lowest BCUT2D eigenvalue weighted by atomic mass is 10.0. The van der Waals surface area contributed by atoms with Crippen molar-refractivity contribution in [3.05, 3.63) is 81.3 Å². The maximum absolute atomic E-state index is 6.17. The highest BCUT2D eigenvalue weighted by Crippen LogP contribution is 2.36. The molecule has 0 spiro atoms. The second kappa shape index (κ2) is 6.43. The van der Waals surface area contributed by atoms with E-state index in [0.717, 1.165) is 24.1 Å². The van der Waals surface area contributed by atoms with E-state index in [4.69, 9.17) is 23.2 Å². The summed E-state index contributed by atoms with van der Waals surface area (Å²) in [4.78, 5) is 4.63. The van der Waals surface area contributed by atoms with Crippen LogP contribution >= 0.6 is 23.2 Å². The molecule has 0 aromatic heterocycles. The summed E-state index contributed by atoms with van der Waals surface area (Å²) in [7, 11) is 0. The van der Waals surface area contributed by atoms with Gasteiger partial charge < -0.3 is 0 Å². The molecule has 0 saturated heterocycles. The molecule has 0 heterocycles. The van der Waals surface area contributed by atoms with Crippen molar-refractivity contribution in [2.24, 2.45) is 4.99 Å². The Balaban J connectivity index is 1.63. The molecule has 3 aromatic carbocycles. The van der Waals surface area contributed by atoms with Gasteiger partial charge in [0, 0.05) is 21.6 Å². The van der Waals surface area contributed by atoms with Crippen molar-refractivity contribution in [2.75, 3.05) is 0 Å². The zero-order valence-electron chi connectivity index (χ0n) is 13.0. The molecule has 0 saturated carbocycles. The topological polar surface area (TPSA) is 12.4 Å². The van der Waals surface area contributed by atoms with Crippen LogP contribution in [0.25, 0.3) is 16.8 Å². The summed E-state index contributed by atoms with van der Waals surface area (Å²) in [5, 5.41) is 3.89. The van der Waals surface area contributed by atoms with Gasteiger partial charge in [-0.15, -0.1) is 0 Å². The zero-order valence-corrected chi connectivity index (χ0v) is 14.5.